The van der Waals surface area contributed by atoms with E-state index < -0.39 is 6.29 Å². The predicted molar refractivity (Wildman–Crippen MR) is 82.2 cm³/mol. The van der Waals surface area contributed by atoms with Crippen molar-refractivity contribution in [3.63, 3.8) is 0 Å². The van der Waals surface area contributed by atoms with Gasteiger partial charge in [-0.2, -0.15) is 0 Å². The number of benzene rings is 3. The van der Waals surface area contributed by atoms with Crippen LogP contribution in [0.3, 0.4) is 0 Å². The SMILES string of the molecule is Fc1ccc(-c2cccc3c2OC(c2ccc(F)cc2)O3)cc1. The van der Waals surface area contributed by atoms with E-state index in [-0.39, 0.29) is 11.6 Å². The van der Waals surface area contributed by atoms with Gasteiger partial charge in [0, 0.05) is 11.1 Å². The van der Waals surface area contributed by atoms with Crippen LogP contribution in [-0.2, 0) is 0 Å². The van der Waals surface area contributed by atoms with E-state index in [2.05, 4.69) is 0 Å². The van der Waals surface area contributed by atoms with Crippen molar-refractivity contribution in [2.75, 3.05) is 0 Å². The molecule has 4 rings (SSSR count). The van der Waals surface area contributed by atoms with E-state index in [4.69, 9.17) is 9.47 Å². The Balaban J connectivity index is 1.70. The third-order valence-corrected chi connectivity index (χ3v) is 3.74. The Kier molecular flexibility index (Phi) is 3.23. The third-order valence-electron chi connectivity index (χ3n) is 3.74. The lowest BCUT2D eigenvalue weighted by atomic mass is 10.0. The number of halogens is 2. The van der Waals surface area contributed by atoms with Crippen LogP contribution in [0.25, 0.3) is 11.1 Å². The summed E-state index contributed by atoms with van der Waals surface area (Å²) in [5, 5.41) is 0. The summed E-state index contributed by atoms with van der Waals surface area (Å²) in [6, 6.07) is 17.7. The Morgan fingerprint density at radius 1 is 0.696 bits per heavy atom. The number of hydrogen-bond donors (Lipinski definition) is 0. The lowest BCUT2D eigenvalue weighted by Crippen LogP contribution is -2.07. The molecular formula is C19H12F2O2. The van der Waals surface area contributed by atoms with Gasteiger partial charge in [-0.3, -0.25) is 0 Å². The van der Waals surface area contributed by atoms with E-state index in [9.17, 15) is 8.78 Å². The Morgan fingerprint density at radius 2 is 1.35 bits per heavy atom. The molecule has 0 bridgehead atoms. The fourth-order valence-electron chi connectivity index (χ4n) is 2.59. The highest BCUT2D eigenvalue weighted by atomic mass is 19.1. The summed E-state index contributed by atoms with van der Waals surface area (Å²) in [5.41, 5.74) is 2.39. The fourth-order valence-corrected chi connectivity index (χ4v) is 2.59. The predicted octanol–water partition coefficient (Wildman–Crippen LogP) is 5.10. The molecule has 1 heterocycles. The van der Waals surface area contributed by atoms with Gasteiger partial charge < -0.3 is 9.47 Å². The summed E-state index contributed by atoms with van der Waals surface area (Å²) in [6.45, 7) is 0. The molecule has 1 unspecified atom stereocenters. The van der Waals surface area contributed by atoms with Crippen molar-refractivity contribution in [2.24, 2.45) is 0 Å². The van der Waals surface area contributed by atoms with Crippen molar-refractivity contribution in [3.05, 3.63) is 83.9 Å². The molecule has 1 aliphatic heterocycles. The molecule has 0 aromatic heterocycles. The average molecular weight is 310 g/mol. The second-order valence-corrected chi connectivity index (χ2v) is 5.26. The minimum Gasteiger partial charge on any atom is -0.447 e. The van der Waals surface area contributed by atoms with Crippen molar-refractivity contribution < 1.29 is 18.3 Å². The van der Waals surface area contributed by atoms with Gasteiger partial charge in [0.25, 0.3) is 6.29 Å². The Morgan fingerprint density at radius 3 is 2.04 bits per heavy atom. The molecule has 0 radical (unpaired) electrons. The smallest absolute Gasteiger partial charge is 0.268 e. The molecule has 2 nitrogen and oxygen atoms in total. The van der Waals surface area contributed by atoms with Crippen LogP contribution in [0.1, 0.15) is 11.9 Å². The number of hydrogen-bond acceptors (Lipinski definition) is 2. The zero-order valence-electron chi connectivity index (χ0n) is 12.0. The van der Waals surface area contributed by atoms with Gasteiger partial charge >= 0.3 is 0 Å². The minimum absolute atomic E-state index is 0.289. The molecule has 114 valence electrons. The highest BCUT2D eigenvalue weighted by molar-refractivity contribution is 5.74. The van der Waals surface area contributed by atoms with E-state index in [1.807, 2.05) is 18.2 Å². The summed E-state index contributed by atoms with van der Waals surface area (Å²) in [6.07, 6.45) is -0.618. The molecule has 1 aliphatic rings. The Hall–Kier alpha value is -2.88. The van der Waals surface area contributed by atoms with Crippen LogP contribution in [0, 0.1) is 11.6 Å². The first-order chi connectivity index (χ1) is 11.2. The fraction of sp³-hybridized carbons (Fsp3) is 0.0526. The van der Waals surface area contributed by atoms with Crippen LogP contribution in [-0.4, -0.2) is 0 Å². The van der Waals surface area contributed by atoms with Crippen LogP contribution in [0.5, 0.6) is 11.5 Å². The van der Waals surface area contributed by atoms with Gasteiger partial charge in [0.2, 0.25) is 0 Å². The maximum atomic E-state index is 13.1. The average Bonchev–Trinajstić information content (AvgIpc) is 3.00. The second kappa shape index (κ2) is 5.39. The highest BCUT2D eigenvalue weighted by Crippen LogP contribution is 2.46. The zero-order chi connectivity index (χ0) is 15.8. The molecule has 0 saturated heterocycles. The molecule has 0 amide bonds. The quantitative estimate of drug-likeness (QED) is 0.655. The highest BCUT2D eigenvalue weighted by Gasteiger charge is 2.28. The van der Waals surface area contributed by atoms with E-state index >= 15 is 0 Å². The van der Waals surface area contributed by atoms with Crippen molar-refractivity contribution in [3.8, 4) is 22.6 Å². The maximum Gasteiger partial charge on any atom is 0.268 e. The van der Waals surface area contributed by atoms with Gasteiger partial charge in [-0.1, -0.05) is 24.3 Å². The molecule has 3 aromatic rings. The largest absolute Gasteiger partial charge is 0.447 e. The van der Waals surface area contributed by atoms with E-state index in [1.54, 1.807) is 24.3 Å². The van der Waals surface area contributed by atoms with Crippen LogP contribution < -0.4 is 9.47 Å². The third kappa shape index (κ3) is 2.52. The number of fused-ring (bicyclic) bond motifs is 1. The van der Waals surface area contributed by atoms with Gasteiger partial charge in [0.05, 0.1) is 0 Å². The molecular weight excluding hydrogens is 298 g/mol. The maximum absolute atomic E-state index is 13.1. The monoisotopic (exact) mass is 310 g/mol. The Bertz CT molecular complexity index is 842. The van der Waals surface area contributed by atoms with Gasteiger partial charge in [0.1, 0.15) is 11.6 Å². The van der Waals surface area contributed by atoms with Crippen LogP contribution >= 0.6 is 0 Å². The van der Waals surface area contributed by atoms with Crippen LogP contribution in [0.2, 0.25) is 0 Å². The molecule has 0 spiro atoms. The van der Waals surface area contributed by atoms with Crippen molar-refractivity contribution >= 4 is 0 Å². The topological polar surface area (TPSA) is 18.5 Å². The minimum atomic E-state index is -0.618. The summed E-state index contributed by atoms with van der Waals surface area (Å²) in [7, 11) is 0. The molecule has 3 aromatic carbocycles. The lowest BCUT2D eigenvalue weighted by Gasteiger charge is -2.11. The molecule has 0 fully saturated rings. The normalized spacial score (nSPS) is 15.7. The standard InChI is InChI=1S/C19H12F2O2/c20-14-8-4-12(5-9-14)16-2-1-3-17-18(16)23-19(22-17)13-6-10-15(21)11-7-13/h1-11,19H. The summed E-state index contributed by atoms with van der Waals surface area (Å²) >= 11 is 0. The second-order valence-electron chi connectivity index (χ2n) is 5.26. The first-order valence-corrected chi connectivity index (χ1v) is 7.18. The van der Waals surface area contributed by atoms with Crippen LogP contribution in [0.4, 0.5) is 8.78 Å². The zero-order valence-corrected chi connectivity index (χ0v) is 12.0. The first-order valence-electron chi connectivity index (χ1n) is 7.18. The molecule has 1 atom stereocenters. The van der Waals surface area contributed by atoms with Crippen molar-refractivity contribution in [1.82, 2.24) is 0 Å². The molecule has 0 aliphatic carbocycles. The molecule has 0 N–H and O–H groups in total. The number of para-hydroxylation sites is 1. The summed E-state index contributed by atoms with van der Waals surface area (Å²) < 4.78 is 37.9. The molecule has 0 saturated carbocycles. The molecule has 23 heavy (non-hydrogen) atoms. The van der Waals surface area contributed by atoms with Gasteiger partial charge in [-0.25, -0.2) is 8.78 Å². The first kappa shape index (κ1) is 13.8. The van der Waals surface area contributed by atoms with Crippen molar-refractivity contribution in [2.45, 2.75) is 6.29 Å². The summed E-state index contributed by atoms with van der Waals surface area (Å²) in [4.78, 5) is 0. The van der Waals surface area contributed by atoms with Gasteiger partial charge in [-0.15, -0.1) is 0 Å². The van der Waals surface area contributed by atoms with Gasteiger partial charge in [-0.05, 0) is 48.0 Å². The Labute approximate surface area is 131 Å². The number of ether oxygens (including phenoxy) is 2. The number of rotatable bonds is 2. The van der Waals surface area contributed by atoms with Gasteiger partial charge in [0.15, 0.2) is 11.5 Å². The van der Waals surface area contributed by atoms with Crippen LogP contribution in [0.15, 0.2) is 66.7 Å². The van der Waals surface area contributed by atoms with E-state index in [1.165, 1.54) is 24.3 Å². The summed E-state index contributed by atoms with van der Waals surface area (Å²) in [5.74, 6) is 0.619. The van der Waals surface area contributed by atoms with Crippen molar-refractivity contribution in [1.29, 1.82) is 0 Å². The van der Waals surface area contributed by atoms with E-state index in [0.717, 1.165) is 16.7 Å². The lowest BCUT2D eigenvalue weighted by molar-refractivity contribution is 0.0489. The molecule has 4 heteroatoms. The van der Waals surface area contributed by atoms with E-state index in [0.29, 0.717) is 11.5 Å².